The van der Waals surface area contributed by atoms with Crippen molar-refractivity contribution in [3.8, 4) is 5.75 Å². The van der Waals surface area contributed by atoms with Crippen molar-refractivity contribution in [2.24, 2.45) is 0 Å². The van der Waals surface area contributed by atoms with Gasteiger partial charge in [-0.25, -0.2) is 0 Å². The van der Waals surface area contributed by atoms with Crippen molar-refractivity contribution >= 4 is 15.9 Å². The quantitative estimate of drug-likeness (QED) is 0.673. The molecule has 0 radical (unpaired) electrons. The van der Waals surface area contributed by atoms with Gasteiger partial charge in [-0.2, -0.15) is 0 Å². The molecule has 1 rings (SSSR count). The molecule has 1 atom stereocenters. The molecule has 0 aliphatic carbocycles. The van der Waals surface area contributed by atoms with Crippen LogP contribution in [0.5, 0.6) is 5.75 Å². The molecule has 20 heavy (non-hydrogen) atoms. The number of benzene rings is 1. The van der Waals surface area contributed by atoms with Gasteiger partial charge >= 0.3 is 0 Å². The van der Waals surface area contributed by atoms with E-state index in [1.54, 1.807) is 0 Å². The number of halogens is 1. The molecule has 5 heteroatoms. The van der Waals surface area contributed by atoms with Gasteiger partial charge in [0.15, 0.2) is 0 Å². The number of aliphatic hydroxyl groups is 1. The van der Waals surface area contributed by atoms with E-state index in [1.807, 2.05) is 24.3 Å². The summed E-state index contributed by atoms with van der Waals surface area (Å²) < 4.78 is 6.51. The van der Waals surface area contributed by atoms with Crippen LogP contribution in [0.15, 0.2) is 28.7 Å². The lowest BCUT2D eigenvalue weighted by Crippen LogP contribution is -2.37. The fourth-order valence-electron chi connectivity index (χ4n) is 1.59. The Labute approximate surface area is 130 Å². The minimum absolute atomic E-state index is 0.295. The molecule has 114 valence electrons. The van der Waals surface area contributed by atoms with Crippen molar-refractivity contribution in [3.63, 3.8) is 0 Å². The Morgan fingerprint density at radius 2 is 2.15 bits per heavy atom. The minimum atomic E-state index is -0.502. The Morgan fingerprint density at radius 3 is 2.80 bits per heavy atom. The van der Waals surface area contributed by atoms with E-state index in [9.17, 15) is 5.11 Å². The highest BCUT2D eigenvalue weighted by molar-refractivity contribution is 9.10. The lowest BCUT2D eigenvalue weighted by Gasteiger charge is -2.21. The Kier molecular flexibility index (Phi) is 8.14. The molecule has 1 aromatic rings. The average molecular weight is 345 g/mol. The van der Waals surface area contributed by atoms with Gasteiger partial charge in [-0.1, -0.05) is 22.0 Å². The molecule has 0 heterocycles. The Balaban J connectivity index is 2.13. The zero-order valence-corrected chi connectivity index (χ0v) is 14.1. The van der Waals surface area contributed by atoms with Crippen molar-refractivity contribution in [1.82, 2.24) is 10.2 Å². The zero-order chi connectivity index (χ0) is 15.0. The second-order valence-electron chi connectivity index (χ2n) is 5.20. The summed E-state index contributed by atoms with van der Waals surface area (Å²) in [4.78, 5) is 2.26. The van der Waals surface area contributed by atoms with E-state index in [0.717, 1.165) is 23.3 Å². The average Bonchev–Trinajstić information content (AvgIpc) is 2.41. The van der Waals surface area contributed by atoms with Gasteiger partial charge in [-0.15, -0.1) is 0 Å². The van der Waals surface area contributed by atoms with Gasteiger partial charge in [0.2, 0.25) is 0 Å². The highest BCUT2D eigenvalue weighted by Gasteiger charge is 2.06. The van der Waals surface area contributed by atoms with Crippen molar-refractivity contribution in [3.05, 3.63) is 28.7 Å². The van der Waals surface area contributed by atoms with Crippen molar-refractivity contribution < 1.29 is 9.84 Å². The molecule has 0 fully saturated rings. The molecular weight excluding hydrogens is 320 g/mol. The third-order valence-electron chi connectivity index (χ3n) is 3.14. The molecule has 1 unspecified atom stereocenters. The van der Waals surface area contributed by atoms with E-state index in [4.69, 9.17) is 4.74 Å². The third kappa shape index (κ3) is 7.24. The number of nitrogens with zero attached hydrogens (tertiary/aromatic N) is 1. The van der Waals surface area contributed by atoms with Crippen LogP contribution >= 0.6 is 15.9 Å². The first-order valence-corrected chi connectivity index (χ1v) is 7.75. The van der Waals surface area contributed by atoms with Gasteiger partial charge in [0.25, 0.3) is 0 Å². The van der Waals surface area contributed by atoms with Crippen LogP contribution in [0.25, 0.3) is 0 Å². The van der Waals surface area contributed by atoms with Crippen LogP contribution in [0, 0.1) is 0 Å². The molecular formula is C15H25BrN2O2. The molecule has 0 aromatic heterocycles. The topological polar surface area (TPSA) is 44.7 Å². The molecule has 0 saturated carbocycles. The van der Waals surface area contributed by atoms with Crippen LogP contribution in [-0.2, 0) is 0 Å². The summed E-state index contributed by atoms with van der Waals surface area (Å²) in [5.41, 5.74) is 0. The highest BCUT2D eigenvalue weighted by atomic mass is 79.9. The van der Waals surface area contributed by atoms with Crippen molar-refractivity contribution in [1.29, 1.82) is 0 Å². The number of rotatable bonds is 9. The molecule has 0 spiro atoms. The second-order valence-corrected chi connectivity index (χ2v) is 6.12. The fourth-order valence-corrected chi connectivity index (χ4v) is 1.97. The Bertz CT molecular complexity index is 388. The summed E-state index contributed by atoms with van der Waals surface area (Å²) >= 11 is 3.39. The molecule has 0 bridgehead atoms. The van der Waals surface area contributed by atoms with Gasteiger partial charge in [-0.3, -0.25) is 0 Å². The van der Waals surface area contributed by atoms with E-state index in [-0.39, 0.29) is 0 Å². The number of nitrogens with one attached hydrogen (secondary N) is 1. The first kappa shape index (κ1) is 17.4. The maximum absolute atomic E-state index is 9.84. The van der Waals surface area contributed by atoms with E-state index in [0.29, 0.717) is 19.2 Å². The van der Waals surface area contributed by atoms with Gasteiger partial charge in [0.1, 0.15) is 18.5 Å². The van der Waals surface area contributed by atoms with Crippen LogP contribution < -0.4 is 10.1 Å². The predicted molar refractivity (Wildman–Crippen MR) is 86.3 cm³/mol. The summed E-state index contributed by atoms with van der Waals surface area (Å²) in [6, 6.07) is 8.16. The molecule has 0 saturated heterocycles. The monoisotopic (exact) mass is 344 g/mol. The van der Waals surface area contributed by atoms with Crippen molar-refractivity contribution in [2.45, 2.75) is 26.0 Å². The standard InChI is InChI=1S/C15H25BrN2O2/c1-12(2)18(3)8-7-17-10-14(19)11-20-15-6-4-5-13(16)9-15/h4-6,9,12,14,17,19H,7-8,10-11H2,1-3H3. The summed E-state index contributed by atoms with van der Waals surface area (Å²) in [6.07, 6.45) is -0.502. The first-order chi connectivity index (χ1) is 9.49. The molecule has 0 aliphatic rings. The van der Waals surface area contributed by atoms with Gasteiger partial charge in [0.05, 0.1) is 0 Å². The maximum Gasteiger partial charge on any atom is 0.120 e. The number of likely N-dealkylation sites (N-methyl/N-ethyl adjacent to an activating group) is 1. The van der Waals surface area contributed by atoms with Gasteiger partial charge < -0.3 is 20.1 Å². The Morgan fingerprint density at radius 1 is 1.40 bits per heavy atom. The highest BCUT2D eigenvalue weighted by Crippen LogP contribution is 2.17. The smallest absolute Gasteiger partial charge is 0.120 e. The van der Waals surface area contributed by atoms with Crippen LogP contribution in [0.4, 0.5) is 0 Å². The van der Waals surface area contributed by atoms with E-state index >= 15 is 0 Å². The first-order valence-electron chi connectivity index (χ1n) is 6.96. The number of aliphatic hydroxyl groups excluding tert-OH is 1. The molecule has 0 amide bonds. The zero-order valence-electron chi connectivity index (χ0n) is 12.5. The summed E-state index contributed by atoms with van der Waals surface area (Å²) in [6.45, 7) is 7.00. The lowest BCUT2D eigenvalue weighted by molar-refractivity contribution is 0.105. The molecule has 0 aliphatic heterocycles. The number of ether oxygens (including phenoxy) is 1. The van der Waals surface area contributed by atoms with Crippen molar-refractivity contribution in [2.75, 3.05) is 33.3 Å². The SMILES string of the molecule is CC(C)N(C)CCNCC(O)COc1cccc(Br)c1. The van der Waals surface area contributed by atoms with Crippen LogP contribution in [0.1, 0.15) is 13.8 Å². The lowest BCUT2D eigenvalue weighted by atomic mass is 10.3. The van der Waals surface area contributed by atoms with E-state index in [1.165, 1.54) is 0 Å². The second kappa shape index (κ2) is 9.34. The molecule has 1 aromatic carbocycles. The normalized spacial score (nSPS) is 12.9. The fraction of sp³-hybridized carbons (Fsp3) is 0.600. The molecule has 2 N–H and O–H groups in total. The van der Waals surface area contributed by atoms with E-state index < -0.39 is 6.10 Å². The van der Waals surface area contributed by atoms with Gasteiger partial charge in [-0.05, 0) is 39.1 Å². The summed E-state index contributed by atoms with van der Waals surface area (Å²) in [7, 11) is 2.10. The molecule has 4 nitrogen and oxygen atoms in total. The Hall–Kier alpha value is -0.620. The van der Waals surface area contributed by atoms with Crippen LogP contribution in [-0.4, -0.2) is 55.4 Å². The number of hydrogen-bond donors (Lipinski definition) is 2. The van der Waals surface area contributed by atoms with E-state index in [2.05, 4.69) is 47.0 Å². The van der Waals surface area contributed by atoms with Crippen LogP contribution in [0.2, 0.25) is 0 Å². The maximum atomic E-state index is 9.84. The summed E-state index contributed by atoms with van der Waals surface area (Å²) in [5.74, 6) is 0.762. The summed E-state index contributed by atoms with van der Waals surface area (Å²) in [5, 5.41) is 13.1. The minimum Gasteiger partial charge on any atom is -0.491 e. The third-order valence-corrected chi connectivity index (χ3v) is 3.63. The van der Waals surface area contributed by atoms with Gasteiger partial charge in [0, 0.05) is 30.1 Å². The van der Waals surface area contributed by atoms with Crippen LogP contribution in [0.3, 0.4) is 0 Å². The number of hydrogen-bond acceptors (Lipinski definition) is 4. The largest absolute Gasteiger partial charge is 0.491 e. The predicted octanol–water partition coefficient (Wildman–Crippen LogP) is 2.12.